The Balaban J connectivity index is 3.95. The number of terminal acetylenes is 1. The molecule has 2 nitrogen and oxygen atoms in total. The highest BCUT2D eigenvalue weighted by molar-refractivity contribution is 4.97. The Morgan fingerprint density at radius 1 is 1.46 bits per heavy atom. The number of rotatable bonds is 6. The highest BCUT2D eigenvalue weighted by Gasteiger charge is 2.15. The van der Waals surface area contributed by atoms with E-state index >= 15 is 0 Å². The average molecular weight is 182 g/mol. The molecule has 0 spiro atoms. The largest absolute Gasteiger partial charge is 0.329 e. The first-order valence-electron chi connectivity index (χ1n) is 5.07. The van der Waals surface area contributed by atoms with Gasteiger partial charge in [0, 0.05) is 12.6 Å². The maximum Gasteiger partial charge on any atom is 0.0660 e. The first-order valence-corrected chi connectivity index (χ1v) is 5.07. The zero-order valence-corrected chi connectivity index (χ0v) is 9.01. The molecule has 0 rings (SSSR count). The standard InChI is InChI=1S/C11H22N2/c1-5-7-9(3)11(8-12)13-10(4)6-2/h2,9-11,13H,5,7-8,12H2,1,3-4H3. The summed E-state index contributed by atoms with van der Waals surface area (Å²) in [5.41, 5.74) is 5.68. The lowest BCUT2D eigenvalue weighted by Crippen LogP contribution is -2.45. The van der Waals surface area contributed by atoms with Crippen LogP contribution in [0, 0.1) is 18.3 Å². The van der Waals surface area contributed by atoms with Crippen molar-refractivity contribution in [3.63, 3.8) is 0 Å². The van der Waals surface area contributed by atoms with E-state index in [1.807, 2.05) is 6.92 Å². The molecule has 0 aliphatic carbocycles. The molecule has 0 aliphatic rings. The second-order valence-corrected chi connectivity index (χ2v) is 3.66. The molecule has 0 saturated heterocycles. The number of hydrogen-bond donors (Lipinski definition) is 2. The Labute approximate surface area is 82.3 Å². The van der Waals surface area contributed by atoms with Gasteiger partial charge in [0.2, 0.25) is 0 Å². The van der Waals surface area contributed by atoms with E-state index in [2.05, 4.69) is 25.1 Å². The summed E-state index contributed by atoms with van der Waals surface area (Å²) < 4.78 is 0. The normalized spacial score (nSPS) is 17.5. The molecule has 0 aromatic rings. The van der Waals surface area contributed by atoms with Crippen molar-refractivity contribution in [1.29, 1.82) is 0 Å². The molecule has 0 amide bonds. The van der Waals surface area contributed by atoms with Crippen LogP contribution in [0.15, 0.2) is 0 Å². The van der Waals surface area contributed by atoms with Crippen LogP contribution >= 0.6 is 0 Å². The van der Waals surface area contributed by atoms with Gasteiger partial charge >= 0.3 is 0 Å². The van der Waals surface area contributed by atoms with Crippen LogP contribution < -0.4 is 11.1 Å². The molecule has 0 saturated carbocycles. The van der Waals surface area contributed by atoms with Crippen molar-refractivity contribution in [2.45, 2.75) is 45.7 Å². The summed E-state index contributed by atoms with van der Waals surface area (Å²) in [5, 5.41) is 3.34. The molecule has 3 atom stereocenters. The molecular weight excluding hydrogens is 160 g/mol. The summed E-state index contributed by atoms with van der Waals surface area (Å²) in [6, 6.07) is 0.471. The highest BCUT2D eigenvalue weighted by atomic mass is 15.0. The van der Waals surface area contributed by atoms with Gasteiger partial charge in [0.1, 0.15) is 0 Å². The maximum atomic E-state index is 5.68. The van der Waals surface area contributed by atoms with E-state index in [0.29, 0.717) is 18.5 Å². The summed E-state index contributed by atoms with van der Waals surface area (Å²) in [5.74, 6) is 3.26. The van der Waals surface area contributed by atoms with Gasteiger partial charge in [-0.2, -0.15) is 0 Å². The van der Waals surface area contributed by atoms with Gasteiger partial charge in [-0.05, 0) is 19.3 Å². The molecule has 0 aliphatic heterocycles. The second-order valence-electron chi connectivity index (χ2n) is 3.66. The third-order valence-electron chi connectivity index (χ3n) is 2.40. The van der Waals surface area contributed by atoms with E-state index in [1.54, 1.807) is 0 Å². The number of nitrogens with two attached hydrogens (primary N) is 1. The minimum atomic E-state index is 0.118. The lowest BCUT2D eigenvalue weighted by Gasteiger charge is -2.25. The van der Waals surface area contributed by atoms with Gasteiger partial charge in [-0.3, -0.25) is 5.32 Å². The molecule has 13 heavy (non-hydrogen) atoms. The second kappa shape index (κ2) is 6.94. The van der Waals surface area contributed by atoms with E-state index < -0.39 is 0 Å². The summed E-state index contributed by atoms with van der Waals surface area (Å²) in [4.78, 5) is 0. The summed E-state index contributed by atoms with van der Waals surface area (Å²) in [7, 11) is 0. The van der Waals surface area contributed by atoms with Gasteiger partial charge in [-0.15, -0.1) is 6.42 Å². The van der Waals surface area contributed by atoms with E-state index in [1.165, 1.54) is 12.8 Å². The summed E-state index contributed by atoms with van der Waals surface area (Å²) in [6.07, 6.45) is 7.69. The van der Waals surface area contributed by atoms with E-state index in [4.69, 9.17) is 12.2 Å². The van der Waals surface area contributed by atoms with Crippen molar-refractivity contribution in [3.05, 3.63) is 0 Å². The van der Waals surface area contributed by atoms with Crippen LogP contribution in [0.5, 0.6) is 0 Å². The SMILES string of the molecule is C#CC(C)NC(CN)C(C)CCC. The zero-order valence-electron chi connectivity index (χ0n) is 9.01. The molecule has 2 heteroatoms. The van der Waals surface area contributed by atoms with Crippen molar-refractivity contribution in [2.24, 2.45) is 11.7 Å². The van der Waals surface area contributed by atoms with Crippen molar-refractivity contribution < 1.29 is 0 Å². The molecule has 0 radical (unpaired) electrons. The molecule has 0 fully saturated rings. The van der Waals surface area contributed by atoms with Crippen molar-refractivity contribution >= 4 is 0 Å². The smallest absolute Gasteiger partial charge is 0.0660 e. The molecule has 3 N–H and O–H groups in total. The Hall–Kier alpha value is -0.520. The van der Waals surface area contributed by atoms with Gasteiger partial charge in [-0.25, -0.2) is 0 Å². The van der Waals surface area contributed by atoms with Gasteiger partial charge in [-0.1, -0.05) is 26.2 Å². The van der Waals surface area contributed by atoms with Gasteiger partial charge in [0.15, 0.2) is 0 Å². The summed E-state index contributed by atoms with van der Waals surface area (Å²) in [6.45, 7) is 7.06. The van der Waals surface area contributed by atoms with Crippen LogP contribution in [0.4, 0.5) is 0 Å². The third kappa shape index (κ3) is 4.92. The van der Waals surface area contributed by atoms with Crippen molar-refractivity contribution in [2.75, 3.05) is 6.54 Å². The monoisotopic (exact) mass is 182 g/mol. The van der Waals surface area contributed by atoms with E-state index in [0.717, 1.165) is 0 Å². The molecule has 3 unspecified atom stereocenters. The van der Waals surface area contributed by atoms with Gasteiger partial charge in [0.05, 0.1) is 6.04 Å². The molecular formula is C11H22N2. The van der Waals surface area contributed by atoms with Crippen LogP contribution in [0.1, 0.15) is 33.6 Å². The molecule has 0 aromatic heterocycles. The highest BCUT2D eigenvalue weighted by Crippen LogP contribution is 2.10. The van der Waals surface area contributed by atoms with Crippen LogP contribution in [-0.2, 0) is 0 Å². The number of nitrogens with one attached hydrogen (secondary N) is 1. The zero-order chi connectivity index (χ0) is 10.3. The minimum Gasteiger partial charge on any atom is -0.329 e. The fourth-order valence-electron chi connectivity index (χ4n) is 1.49. The third-order valence-corrected chi connectivity index (χ3v) is 2.40. The first kappa shape index (κ1) is 12.5. The Kier molecular flexibility index (Phi) is 6.66. The van der Waals surface area contributed by atoms with Crippen LogP contribution in [0.3, 0.4) is 0 Å². The van der Waals surface area contributed by atoms with E-state index in [9.17, 15) is 0 Å². The molecule has 0 aromatic carbocycles. The predicted octanol–water partition coefficient (Wildman–Crippen LogP) is 1.36. The van der Waals surface area contributed by atoms with Crippen molar-refractivity contribution in [3.8, 4) is 12.3 Å². The molecule has 0 heterocycles. The van der Waals surface area contributed by atoms with Crippen LogP contribution in [-0.4, -0.2) is 18.6 Å². The summed E-state index contributed by atoms with van der Waals surface area (Å²) >= 11 is 0. The molecule has 0 bridgehead atoms. The maximum absolute atomic E-state index is 5.68. The lowest BCUT2D eigenvalue weighted by molar-refractivity contribution is 0.351. The average Bonchev–Trinajstić information content (AvgIpc) is 2.14. The first-order chi connectivity index (χ1) is 6.15. The Morgan fingerprint density at radius 2 is 2.08 bits per heavy atom. The van der Waals surface area contributed by atoms with Crippen LogP contribution in [0.2, 0.25) is 0 Å². The lowest BCUT2D eigenvalue weighted by atomic mass is 9.96. The fourth-order valence-corrected chi connectivity index (χ4v) is 1.49. The molecule has 76 valence electrons. The van der Waals surface area contributed by atoms with Crippen molar-refractivity contribution in [1.82, 2.24) is 5.32 Å². The topological polar surface area (TPSA) is 38.0 Å². The van der Waals surface area contributed by atoms with Gasteiger partial charge < -0.3 is 5.73 Å². The Bertz CT molecular complexity index is 160. The number of hydrogen-bond acceptors (Lipinski definition) is 2. The quantitative estimate of drug-likeness (QED) is 0.609. The van der Waals surface area contributed by atoms with Gasteiger partial charge in [0.25, 0.3) is 0 Å². The minimum absolute atomic E-state index is 0.118. The van der Waals surface area contributed by atoms with Crippen LogP contribution in [0.25, 0.3) is 0 Å². The van der Waals surface area contributed by atoms with E-state index in [-0.39, 0.29) is 6.04 Å². The predicted molar refractivity (Wildman–Crippen MR) is 58.3 cm³/mol. The fraction of sp³-hybridized carbons (Fsp3) is 0.818. The Morgan fingerprint density at radius 3 is 2.46 bits per heavy atom.